The zero-order valence-corrected chi connectivity index (χ0v) is 11.9. The first-order valence-corrected chi connectivity index (χ1v) is 7.06. The number of carbonyl (C=O) groups excluding carboxylic acids is 2. The Bertz CT molecular complexity index is 726. The maximum absolute atomic E-state index is 12.6. The smallest absolute Gasteiger partial charge is 0.189 e. The van der Waals surface area contributed by atoms with Crippen LogP contribution in [0.2, 0.25) is 0 Å². The summed E-state index contributed by atoms with van der Waals surface area (Å²) >= 11 is 0. The van der Waals surface area contributed by atoms with Gasteiger partial charge in [-0.05, 0) is 24.1 Å². The maximum atomic E-state index is 12.6. The van der Waals surface area contributed by atoms with E-state index in [1.54, 1.807) is 6.92 Å². The third kappa shape index (κ3) is 2.57. The highest BCUT2D eigenvalue weighted by Crippen LogP contribution is 2.40. The third-order valence-corrected chi connectivity index (χ3v) is 3.83. The lowest BCUT2D eigenvalue weighted by Crippen LogP contribution is -2.05. The van der Waals surface area contributed by atoms with Crippen LogP contribution in [-0.2, 0) is 4.79 Å². The summed E-state index contributed by atoms with van der Waals surface area (Å²) < 4.78 is 0. The SMILES string of the molecule is CC(=O)CC1/C(=C/c2ccccc2)C(=O)c2ccccc21. The minimum absolute atomic E-state index is 0.0423. The number of hydrogen-bond donors (Lipinski definition) is 0. The number of Topliss-reactive ketones (excluding diaryl/α,β-unsaturated/α-hetero) is 2. The summed E-state index contributed by atoms with van der Waals surface area (Å²) in [5, 5.41) is 0. The second-order valence-corrected chi connectivity index (χ2v) is 5.39. The molecule has 0 N–H and O–H groups in total. The van der Waals surface area contributed by atoms with E-state index in [-0.39, 0.29) is 17.5 Å². The van der Waals surface area contributed by atoms with Crippen LogP contribution in [0.3, 0.4) is 0 Å². The van der Waals surface area contributed by atoms with Crippen molar-refractivity contribution in [3.05, 3.63) is 76.9 Å². The first-order valence-electron chi connectivity index (χ1n) is 7.06. The van der Waals surface area contributed by atoms with Crippen LogP contribution in [0, 0.1) is 0 Å². The fraction of sp³-hybridized carbons (Fsp3) is 0.158. The molecule has 0 amide bonds. The van der Waals surface area contributed by atoms with Crippen LogP contribution in [-0.4, -0.2) is 11.6 Å². The molecule has 0 aromatic heterocycles. The highest BCUT2D eigenvalue weighted by Gasteiger charge is 2.34. The van der Waals surface area contributed by atoms with E-state index in [9.17, 15) is 9.59 Å². The monoisotopic (exact) mass is 276 g/mol. The molecule has 2 nitrogen and oxygen atoms in total. The average molecular weight is 276 g/mol. The molecule has 0 spiro atoms. The minimum atomic E-state index is -0.119. The van der Waals surface area contributed by atoms with Crippen LogP contribution in [0.25, 0.3) is 6.08 Å². The predicted octanol–water partition coefficient (Wildman–Crippen LogP) is 4.03. The van der Waals surface area contributed by atoms with Crippen LogP contribution in [0.5, 0.6) is 0 Å². The maximum Gasteiger partial charge on any atom is 0.189 e. The first-order chi connectivity index (χ1) is 10.2. The molecule has 0 aliphatic heterocycles. The summed E-state index contributed by atoms with van der Waals surface area (Å²) in [6, 6.07) is 17.3. The summed E-state index contributed by atoms with van der Waals surface area (Å²) in [7, 11) is 0. The zero-order chi connectivity index (χ0) is 14.8. The molecule has 21 heavy (non-hydrogen) atoms. The van der Waals surface area contributed by atoms with Gasteiger partial charge in [-0.15, -0.1) is 0 Å². The Morgan fingerprint density at radius 3 is 2.43 bits per heavy atom. The van der Waals surface area contributed by atoms with Gasteiger partial charge in [0.15, 0.2) is 5.78 Å². The fourth-order valence-electron chi connectivity index (χ4n) is 2.89. The predicted molar refractivity (Wildman–Crippen MR) is 83.2 cm³/mol. The van der Waals surface area contributed by atoms with E-state index in [4.69, 9.17) is 0 Å². The van der Waals surface area contributed by atoms with Crippen LogP contribution < -0.4 is 0 Å². The van der Waals surface area contributed by atoms with Crippen molar-refractivity contribution in [2.45, 2.75) is 19.3 Å². The normalized spacial score (nSPS) is 18.8. The van der Waals surface area contributed by atoms with Crippen molar-refractivity contribution in [3.63, 3.8) is 0 Å². The van der Waals surface area contributed by atoms with Crippen molar-refractivity contribution >= 4 is 17.6 Å². The molecule has 1 atom stereocenters. The van der Waals surface area contributed by atoms with Crippen LogP contribution in [0.15, 0.2) is 60.2 Å². The number of rotatable bonds is 3. The Morgan fingerprint density at radius 1 is 1.05 bits per heavy atom. The molecule has 0 heterocycles. The Hall–Kier alpha value is -2.48. The third-order valence-electron chi connectivity index (χ3n) is 3.83. The number of fused-ring (bicyclic) bond motifs is 1. The highest BCUT2D eigenvalue weighted by molar-refractivity contribution is 6.17. The molecule has 0 fully saturated rings. The van der Waals surface area contributed by atoms with E-state index < -0.39 is 0 Å². The Kier molecular flexibility index (Phi) is 3.53. The molecule has 2 aromatic rings. The minimum Gasteiger partial charge on any atom is -0.300 e. The number of benzene rings is 2. The Balaban J connectivity index is 2.09. The van der Waals surface area contributed by atoms with Gasteiger partial charge < -0.3 is 0 Å². The number of carbonyl (C=O) groups is 2. The molecule has 0 saturated heterocycles. The lowest BCUT2D eigenvalue weighted by molar-refractivity contribution is -0.117. The summed E-state index contributed by atoms with van der Waals surface area (Å²) in [4.78, 5) is 24.2. The molecule has 2 aromatic carbocycles. The van der Waals surface area contributed by atoms with Crippen LogP contribution in [0.1, 0.15) is 40.7 Å². The summed E-state index contributed by atoms with van der Waals surface area (Å²) in [5.41, 5.74) is 3.41. The van der Waals surface area contributed by atoms with Crippen molar-refractivity contribution < 1.29 is 9.59 Å². The van der Waals surface area contributed by atoms with E-state index >= 15 is 0 Å². The van der Waals surface area contributed by atoms with Crippen molar-refractivity contribution in [1.82, 2.24) is 0 Å². The molecule has 0 saturated carbocycles. The van der Waals surface area contributed by atoms with E-state index in [1.807, 2.05) is 60.7 Å². The van der Waals surface area contributed by atoms with Crippen molar-refractivity contribution in [2.75, 3.05) is 0 Å². The standard InChI is InChI=1S/C19H16O2/c1-13(20)11-17-15-9-5-6-10-16(15)19(21)18(17)12-14-7-3-2-4-8-14/h2-10,12,17H,11H2,1H3/b18-12-. The second kappa shape index (κ2) is 5.49. The van der Waals surface area contributed by atoms with Crippen LogP contribution in [0.4, 0.5) is 0 Å². The van der Waals surface area contributed by atoms with Gasteiger partial charge in [0.1, 0.15) is 5.78 Å². The van der Waals surface area contributed by atoms with Gasteiger partial charge in [0.2, 0.25) is 0 Å². The first kappa shape index (κ1) is 13.5. The van der Waals surface area contributed by atoms with E-state index in [1.165, 1.54) is 0 Å². The molecule has 1 aliphatic rings. The van der Waals surface area contributed by atoms with E-state index in [0.717, 1.165) is 22.3 Å². The van der Waals surface area contributed by atoms with E-state index in [0.29, 0.717) is 6.42 Å². The second-order valence-electron chi connectivity index (χ2n) is 5.39. The molecule has 2 heteroatoms. The summed E-state index contributed by atoms with van der Waals surface area (Å²) in [6.45, 7) is 1.57. The average Bonchev–Trinajstić information content (AvgIpc) is 2.74. The van der Waals surface area contributed by atoms with Gasteiger partial charge >= 0.3 is 0 Å². The molecular formula is C19H16O2. The number of allylic oxidation sites excluding steroid dienone is 1. The zero-order valence-electron chi connectivity index (χ0n) is 11.9. The molecule has 3 rings (SSSR count). The summed E-state index contributed by atoms with van der Waals surface area (Å²) in [6.07, 6.45) is 2.29. The Labute approximate surface area is 124 Å². The van der Waals surface area contributed by atoms with Gasteiger partial charge in [-0.2, -0.15) is 0 Å². The van der Waals surface area contributed by atoms with Gasteiger partial charge in [0.05, 0.1) is 0 Å². The molecule has 0 bridgehead atoms. The summed E-state index contributed by atoms with van der Waals surface area (Å²) in [5.74, 6) is 0.0237. The lowest BCUT2D eigenvalue weighted by Gasteiger charge is -2.10. The van der Waals surface area contributed by atoms with Crippen molar-refractivity contribution in [1.29, 1.82) is 0 Å². The molecular weight excluding hydrogens is 260 g/mol. The van der Waals surface area contributed by atoms with Crippen molar-refractivity contribution in [3.8, 4) is 0 Å². The quantitative estimate of drug-likeness (QED) is 0.793. The van der Waals surface area contributed by atoms with Crippen LogP contribution >= 0.6 is 0 Å². The van der Waals surface area contributed by atoms with Gasteiger partial charge in [-0.25, -0.2) is 0 Å². The fourth-order valence-corrected chi connectivity index (χ4v) is 2.89. The van der Waals surface area contributed by atoms with Crippen molar-refractivity contribution in [2.24, 2.45) is 0 Å². The number of ketones is 2. The van der Waals surface area contributed by atoms with Gasteiger partial charge in [0, 0.05) is 23.5 Å². The Morgan fingerprint density at radius 2 is 1.71 bits per heavy atom. The number of hydrogen-bond acceptors (Lipinski definition) is 2. The molecule has 1 unspecified atom stereocenters. The topological polar surface area (TPSA) is 34.1 Å². The molecule has 1 aliphatic carbocycles. The lowest BCUT2D eigenvalue weighted by atomic mass is 9.91. The van der Waals surface area contributed by atoms with Gasteiger partial charge in [0.25, 0.3) is 0 Å². The van der Waals surface area contributed by atoms with E-state index in [2.05, 4.69) is 0 Å². The molecule has 104 valence electrons. The van der Waals surface area contributed by atoms with Gasteiger partial charge in [-0.3, -0.25) is 9.59 Å². The van der Waals surface area contributed by atoms with Gasteiger partial charge in [-0.1, -0.05) is 54.6 Å². The highest BCUT2D eigenvalue weighted by atomic mass is 16.1. The molecule has 0 radical (unpaired) electrons. The largest absolute Gasteiger partial charge is 0.300 e.